The lowest BCUT2D eigenvalue weighted by atomic mass is 10.1. The molecule has 1 aliphatic rings. The smallest absolute Gasteiger partial charge is 0.0696 e. The number of nitrogens with zero attached hydrogens (tertiary/aromatic N) is 1. The summed E-state index contributed by atoms with van der Waals surface area (Å²) in [5, 5.41) is 9.09. The molecule has 1 heterocycles. The predicted octanol–water partition coefficient (Wildman–Crippen LogP) is 2.89. The van der Waals surface area contributed by atoms with Crippen LogP contribution in [0.1, 0.15) is 19.9 Å². The Bertz CT molecular complexity index is 391. The second kappa shape index (κ2) is 4.89. The summed E-state index contributed by atoms with van der Waals surface area (Å²) in [6, 6.07) is 8.11. The molecule has 0 bridgehead atoms. The maximum Gasteiger partial charge on any atom is 0.0696 e. The summed E-state index contributed by atoms with van der Waals surface area (Å²) in [5.41, 5.74) is 3.34. The van der Waals surface area contributed by atoms with Gasteiger partial charge < -0.3 is 5.11 Å². The van der Waals surface area contributed by atoms with Crippen LogP contribution in [0.25, 0.3) is 0 Å². The van der Waals surface area contributed by atoms with Crippen molar-refractivity contribution in [3.05, 3.63) is 42.0 Å². The summed E-state index contributed by atoms with van der Waals surface area (Å²) in [4.78, 5) is 4.44. The molecule has 0 radical (unpaired) electrons. The summed E-state index contributed by atoms with van der Waals surface area (Å²) in [6.45, 7) is 1.74. The Kier molecular flexibility index (Phi) is 3.81. The molecule has 1 N–H and O–H groups in total. The van der Waals surface area contributed by atoms with Gasteiger partial charge in [0, 0.05) is 12.1 Å². The van der Waals surface area contributed by atoms with Crippen LogP contribution in [0.5, 0.6) is 0 Å². The van der Waals surface area contributed by atoms with E-state index in [1.165, 1.54) is 5.56 Å². The topological polar surface area (TPSA) is 32.6 Å². The number of rotatable bonds is 2. The van der Waals surface area contributed by atoms with Gasteiger partial charge in [0.05, 0.1) is 11.8 Å². The zero-order valence-electron chi connectivity index (χ0n) is 8.14. The van der Waals surface area contributed by atoms with E-state index in [0.717, 1.165) is 17.8 Å². The van der Waals surface area contributed by atoms with E-state index in [1.807, 2.05) is 24.3 Å². The number of hydrogen-bond donors (Lipinski definition) is 1. The van der Waals surface area contributed by atoms with Crippen LogP contribution in [0.2, 0.25) is 0 Å². The summed E-state index contributed by atoms with van der Waals surface area (Å²) >= 11 is 0. The molecule has 0 fully saturated rings. The van der Waals surface area contributed by atoms with Crippen LogP contribution in [0.3, 0.4) is 0 Å². The third kappa shape index (κ3) is 2.77. The van der Waals surface area contributed by atoms with Gasteiger partial charge in [-0.15, -0.1) is 0 Å². The highest BCUT2D eigenvalue weighted by atomic mass is 16.3. The van der Waals surface area contributed by atoms with E-state index in [9.17, 15) is 0 Å². The molecule has 0 unspecified atom stereocenters. The van der Waals surface area contributed by atoms with Crippen molar-refractivity contribution in [3.8, 4) is 0 Å². The lowest BCUT2D eigenvalue weighted by Crippen LogP contribution is -1.97. The van der Waals surface area contributed by atoms with Crippen molar-refractivity contribution in [3.63, 3.8) is 0 Å². The molecule has 80 valence electrons. The van der Waals surface area contributed by atoms with Gasteiger partial charge in [-0.2, -0.15) is 0 Å². The lowest BCUT2D eigenvalue weighted by molar-refractivity contribution is 0.244. The van der Waals surface area contributed by atoms with Crippen molar-refractivity contribution in [2.45, 2.75) is 26.9 Å². The highest BCUT2D eigenvalue weighted by Crippen LogP contribution is 2.26. The predicted molar refractivity (Wildman–Crippen MR) is 64.8 cm³/mol. The third-order valence-corrected chi connectivity index (χ3v) is 2.19. The number of fused-ring (bicyclic) bond motifs is 1. The summed E-state index contributed by atoms with van der Waals surface area (Å²) in [6.07, 6.45) is 4.12. The van der Waals surface area contributed by atoms with Crippen molar-refractivity contribution in [2.24, 2.45) is 4.99 Å². The monoisotopic (exact) mass is 203 g/mol. The average molecular weight is 203 g/mol. The molecular formula is C13H17NO. The second-order valence-corrected chi connectivity index (χ2v) is 3.51. The maximum atomic E-state index is 9.09. The molecule has 0 spiro atoms. The van der Waals surface area contributed by atoms with Crippen LogP contribution >= 0.6 is 0 Å². The van der Waals surface area contributed by atoms with Crippen molar-refractivity contribution in [2.75, 3.05) is 0 Å². The Morgan fingerprint density at radius 1 is 1.40 bits per heavy atom. The number of para-hydroxylation sites is 1. The molecule has 0 aromatic heterocycles. The van der Waals surface area contributed by atoms with E-state index in [-0.39, 0.29) is 7.43 Å². The van der Waals surface area contributed by atoms with Crippen LogP contribution in [0, 0.1) is 0 Å². The first-order valence-corrected chi connectivity index (χ1v) is 4.77. The Labute approximate surface area is 91.0 Å². The first kappa shape index (κ1) is 11.7. The van der Waals surface area contributed by atoms with Crippen molar-refractivity contribution >= 4 is 11.4 Å². The minimum absolute atomic E-state index is 0. The van der Waals surface area contributed by atoms with Gasteiger partial charge in [-0.25, -0.2) is 0 Å². The quantitative estimate of drug-likeness (QED) is 0.787. The van der Waals surface area contributed by atoms with E-state index in [2.05, 4.69) is 11.1 Å². The largest absolute Gasteiger partial charge is 0.389 e. The fraction of sp³-hybridized carbons (Fsp3) is 0.308. The number of benzene rings is 1. The van der Waals surface area contributed by atoms with Gasteiger partial charge in [0.1, 0.15) is 0 Å². The van der Waals surface area contributed by atoms with E-state index < -0.39 is 6.10 Å². The van der Waals surface area contributed by atoms with Gasteiger partial charge in [0.25, 0.3) is 0 Å². The number of aliphatic hydroxyl groups excluding tert-OH is 1. The van der Waals surface area contributed by atoms with E-state index >= 15 is 0 Å². The Morgan fingerprint density at radius 2 is 2.13 bits per heavy atom. The van der Waals surface area contributed by atoms with Crippen molar-refractivity contribution in [1.82, 2.24) is 0 Å². The Morgan fingerprint density at radius 3 is 2.80 bits per heavy atom. The molecule has 15 heavy (non-hydrogen) atoms. The molecule has 2 heteroatoms. The summed E-state index contributed by atoms with van der Waals surface area (Å²) in [5.74, 6) is 0. The molecule has 1 aromatic rings. The van der Waals surface area contributed by atoms with Gasteiger partial charge in [-0.05, 0) is 24.6 Å². The number of hydrogen-bond acceptors (Lipinski definition) is 2. The molecule has 0 saturated heterocycles. The second-order valence-electron chi connectivity index (χ2n) is 3.51. The number of allylic oxidation sites excluding steroid dienone is 1. The zero-order chi connectivity index (χ0) is 9.97. The molecular weight excluding hydrogens is 186 g/mol. The summed E-state index contributed by atoms with van der Waals surface area (Å²) in [7, 11) is 0. The van der Waals surface area contributed by atoms with Crippen LogP contribution in [-0.4, -0.2) is 16.9 Å². The fourth-order valence-electron chi connectivity index (χ4n) is 1.51. The molecule has 2 nitrogen and oxygen atoms in total. The SMILES string of the molecule is C.C[C@@H](O)/C=C\C1=Nc2ccccc2C1. The average Bonchev–Trinajstić information content (AvgIpc) is 2.57. The zero-order valence-corrected chi connectivity index (χ0v) is 8.14. The molecule has 1 aromatic carbocycles. The standard InChI is InChI=1S/C12H13NO.CH4/c1-9(14)6-7-11-8-10-4-2-3-5-12(10)13-11;/h2-7,9,14H,8H2,1H3;1H4/b7-6-;/t9-;/m1./s1. The van der Waals surface area contributed by atoms with Crippen LogP contribution in [0.15, 0.2) is 41.4 Å². The minimum atomic E-state index is -0.401. The molecule has 2 rings (SSSR count). The first-order chi connectivity index (χ1) is 6.75. The van der Waals surface area contributed by atoms with Gasteiger partial charge in [0.2, 0.25) is 0 Å². The molecule has 1 atom stereocenters. The van der Waals surface area contributed by atoms with Gasteiger partial charge in [0.15, 0.2) is 0 Å². The van der Waals surface area contributed by atoms with Crippen LogP contribution < -0.4 is 0 Å². The molecule has 0 amide bonds. The Hall–Kier alpha value is -1.41. The lowest BCUT2D eigenvalue weighted by Gasteiger charge is -1.93. The van der Waals surface area contributed by atoms with E-state index in [0.29, 0.717) is 0 Å². The van der Waals surface area contributed by atoms with Crippen molar-refractivity contribution < 1.29 is 5.11 Å². The van der Waals surface area contributed by atoms with Gasteiger partial charge in [-0.3, -0.25) is 4.99 Å². The van der Waals surface area contributed by atoms with Gasteiger partial charge >= 0.3 is 0 Å². The molecule has 0 aliphatic carbocycles. The summed E-state index contributed by atoms with van der Waals surface area (Å²) < 4.78 is 0. The third-order valence-electron chi connectivity index (χ3n) is 2.19. The molecule has 0 saturated carbocycles. The fourth-order valence-corrected chi connectivity index (χ4v) is 1.51. The minimum Gasteiger partial charge on any atom is -0.389 e. The first-order valence-electron chi connectivity index (χ1n) is 4.77. The normalized spacial score (nSPS) is 15.7. The highest BCUT2D eigenvalue weighted by Gasteiger charge is 2.10. The van der Waals surface area contributed by atoms with Gasteiger partial charge in [-0.1, -0.05) is 31.7 Å². The molecule has 1 aliphatic heterocycles. The van der Waals surface area contributed by atoms with Crippen molar-refractivity contribution in [1.29, 1.82) is 0 Å². The van der Waals surface area contributed by atoms with E-state index in [1.54, 1.807) is 13.0 Å². The number of aliphatic imine (C=N–C) groups is 1. The highest BCUT2D eigenvalue weighted by molar-refractivity contribution is 6.01. The van der Waals surface area contributed by atoms with Crippen LogP contribution in [0.4, 0.5) is 5.69 Å². The Balaban J connectivity index is 0.00000112. The number of aliphatic hydroxyl groups is 1. The van der Waals surface area contributed by atoms with Crippen LogP contribution in [-0.2, 0) is 6.42 Å². The maximum absolute atomic E-state index is 9.09. The van der Waals surface area contributed by atoms with E-state index in [4.69, 9.17) is 5.11 Å².